The Bertz CT molecular complexity index is 1400. The number of oxazole rings is 1. The zero-order valence-electron chi connectivity index (χ0n) is 16.8. The molecule has 0 saturated carbocycles. The summed E-state index contributed by atoms with van der Waals surface area (Å²) in [6, 6.07) is 21.2. The normalized spacial score (nSPS) is 13.8. The molecule has 5 rings (SSSR count). The van der Waals surface area contributed by atoms with E-state index in [0.29, 0.717) is 28.7 Å². The molecule has 1 aliphatic heterocycles. The van der Waals surface area contributed by atoms with Crippen LogP contribution in [0.4, 0.5) is 5.88 Å². The van der Waals surface area contributed by atoms with Crippen molar-refractivity contribution in [1.82, 2.24) is 4.98 Å². The molecule has 3 aromatic carbocycles. The highest BCUT2D eigenvalue weighted by Crippen LogP contribution is 2.38. The Morgan fingerprint density at radius 3 is 2.31 bits per heavy atom. The lowest BCUT2D eigenvalue weighted by Crippen LogP contribution is -2.31. The molecule has 4 aromatic rings. The fraction of sp³-hybridized carbons (Fsp3) is 0.125. The number of aromatic nitrogens is 1. The molecule has 1 aliphatic rings. The molecule has 8 heteroatoms. The second kappa shape index (κ2) is 8.28. The Balaban J connectivity index is 1.65. The average Bonchev–Trinajstić information content (AvgIpc) is 3.25. The van der Waals surface area contributed by atoms with Gasteiger partial charge in [0.05, 0.1) is 15.5 Å². The van der Waals surface area contributed by atoms with E-state index in [1.54, 1.807) is 36.4 Å². The maximum atomic E-state index is 13.6. The van der Waals surface area contributed by atoms with Crippen LogP contribution in [-0.4, -0.2) is 19.9 Å². The SMILES string of the molecule is O=S(=O)(c1ccc(Cl)cc1)c1nc(-c2ccccc2Cl)oc1N1CCc2ccccc2C1. The number of sulfone groups is 1. The summed E-state index contributed by atoms with van der Waals surface area (Å²) in [5, 5.41) is 0.752. The maximum absolute atomic E-state index is 13.6. The Kier molecular flexibility index (Phi) is 5.45. The summed E-state index contributed by atoms with van der Waals surface area (Å²) >= 11 is 12.3. The van der Waals surface area contributed by atoms with Crippen LogP contribution in [-0.2, 0) is 22.8 Å². The summed E-state index contributed by atoms with van der Waals surface area (Å²) < 4.78 is 33.2. The number of rotatable bonds is 4. The fourth-order valence-electron chi connectivity index (χ4n) is 3.82. The van der Waals surface area contributed by atoms with Gasteiger partial charge in [0, 0.05) is 18.1 Å². The summed E-state index contributed by atoms with van der Waals surface area (Å²) in [5.74, 6) is 0.376. The molecule has 0 unspecified atom stereocenters. The lowest BCUT2D eigenvalue weighted by molar-refractivity contribution is 0.534. The zero-order chi connectivity index (χ0) is 22.3. The molecule has 5 nitrogen and oxygen atoms in total. The van der Waals surface area contributed by atoms with Gasteiger partial charge in [-0.2, -0.15) is 4.98 Å². The van der Waals surface area contributed by atoms with E-state index in [9.17, 15) is 8.42 Å². The highest BCUT2D eigenvalue weighted by atomic mass is 35.5. The van der Waals surface area contributed by atoms with Crippen LogP contribution in [0.2, 0.25) is 10.0 Å². The summed E-state index contributed by atoms with van der Waals surface area (Å²) in [6.07, 6.45) is 0.777. The molecule has 0 amide bonds. The third-order valence-corrected chi connectivity index (χ3v) is 7.73. The van der Waals surface area contributed by atoms with Gasteiger partial charge in [-0.15, -0.1) is 0 Å². The van der Waals surface area contributed by atoms with E-state index in [2.05, 4.69) is 11.1 Å². The van der Waals surface area contributed by atoms with Crippen molar-refractivity contribution in [1.29, 1.82) is 0 Å². The molecule has 0 radical (unpaired) electrons. The van der Waals surface area contributed by atoms with Crippen molar-refractivity contribution >= 4 is 38.9 Å². The van der Waals surface area contributed by atoms with Crippen LogP contribution >= 0.6 is 23.2 Å². The molecule has 0 N–H and O–H groups in total. The van der Waals surface area contributed by atoms with Crippen molar-refractivity contribution in [3.63, 3.8) is 0 Å². The van der Waals surface area contributed by atoms with Crippen LogP contribution in [0.3, 0.4) is 0 Å². The number of benzene rings is 3. The minimum Gasteiger partial charge on any atom is -0.419 e. The van der Waals surface area contributed by atoms with Crippen LogP contribution in [0, 0.1) is 0 Å². The van der Waals surface area contributed by atoms with E-state index in [4.69, 9.17) is 27.6 Å². The summed E-state index contributed by atoms with van der Waals surface area (Å²) in [6.45, 7) is 1.13. The number of anilines is 1. The van der Waals surface area contributed by atoms with Crippen molar-refractivity contribution < 1.29 is 12.8 Å². The van der Waals surface area contributed by atoms with Gasteiger partial charge < -0.3 is 9.32 Å². The lowest BCUT2D eigenvalue weighted by Gasteiger charge is -2.28. The van der Waals surface area contributed by atoms with Crippen LogP contribution in [0.15, 0.2) is 87.1 Å². The first kappa shape index (κ1) is 21.1. The van der Waals surface area contributed by atoms with E-state index in [1.807, 2.05) is 23.1 Å². The van der Waals surface area contributed by atoms with E-state index < -0.39 is 9.84 Å². The van der Waals surface area contributed by atoms with Gasteiger partial charge in [0.15, 0.2) is 0 Å². The monoisotopic (exact) mass is 484 g/mol. The second-order valence-corrected chi connectivity index (χ2v) is 10.2. The fourth-order valence-corrected chi connectivity index (χ4v) is 5.48. The van der Waals surface area contributed by atoms with Crippen molar-refractivity contribution in [2.24, 2.45) is 0 Å². The number of hydrogen-bond donors (Lipinski definition) is 0. The molecule has 0 aliphatic carbocycles. The Labute approximate surface area is 196 Å². The van der Waals surface area contributed by atoms with Crippen molar-refractivity contribution in [2.75, 3.05) is 11.4 Å². The Morgan fingerprint density at radius 2 is 1.56 bits per heavy atom. The number of halogens is 2. The van der Waals surface area contributed by atoms with Crippen molar-refractivity contribution in [3.05, 3.63) is 94.0 Å². The third-order valence-electron chi connectivity index (χ3n) is 5.48. The largest absolute Gasteiger partial charge is 0.419 e. The molecule has 2 heterocycles. The molecule has 162 valence electrons. The predicted octanol–water partition coefficient (Wildman–Crippen LogP) is 6.04. The minimum absolute atomic E-state index is 0.0968. The van der Waals surface area contributed by atoms with Crippen LogP contribution in [0.25, 0.3) is 11.5 Å². The van der Waals surface area contributed by atoms with Crippen LogP contribution in [0.5, 0.6) is 0 Å². The van der Waals surface area contributed by atoms with Crippen molar-refractivity contribution in [2.45, 2.75) is 22.9 Å². The van der Waals surface area contributed by atoms with Gasteiger partial charge in [0.25, 0.3) is 0 Å². The van der Waals surface area contributed by atoms with Gasteiger partial charge in [0.2, 0.25) is 26.6 Å². The van der Waals surface area contributed by atoms with Gasteiger partial charge in [-0.25, -0.2) is 8.42 Å². The van der Waals surface area contributed by atoms with E-state index in [1.165, 1.54) is 17.7 Å². The molecule has 0 bridgehead atoms. The molecule has 0 spiro atoms. The van der Waals surface area contributed by atoms with Crippen LogP contribution in [0.1, 0.15) is 11.1 Å². The van der Waals surface area contributed by atoms with Gasteiger partial charge in [0.1, 0.15) is 0 Å². The predicted molar refractivity (Wildman–Crippen MR) is 125 cm³/mol. The standard InChI is InChI=1S/C24H18Cl2N2O3S/c25-18-9-11-19(12-10-18)32(29,30)23-24(28-14-13-16-5-1-2-6-17(16)15-28)31-22(27-23)20-7-3-4-8-21(20)26/h1-12H,13-15H2. The molecule has 0 atom stereocenters. The van der Waals surface area contributed by atoms with Crippen LogP contribution < -0.4 is 4.90 Å². The smallest absolute Gasteiger partial charge is 0.236 e. The van der Waals surface area contributed by atoms with Gasteiger partial charge in [-0.1, -0.05) is 59.6 Å². The number of hydrogen-bond acceptors (Lipinski definition) is 5. The van der Waals surface area contributed by atoms with Gasteiger partial charge in [-0.05, 0) is 53.9 Å². The maximum Gasteiger partial charge on any atom is 0.236 e. The zero-order valence-corrected chi connectivity index (χ0v) is 19.2. The first-order valence-corrected chi connectivity index (χ1v) is 12.3. The first-order valence-electron chi connectivity index (χ1n) is 10.0. The molecule has 32 heavy (non-hydrogen) atoms. The minimum atomic E-state index is -3.96. The molecular formula is C24H18Cl2N2O3S. The van der Waals surface area contributed by atoms with Gasteiger partial charge >= 0.3 is 0 Å². The van der Waals surface area contributed by atoms with Gasteiger partial charge in [-0.3, -0.25) is 0 Å². The highest BCUT2D eigenvalue weighted by molar-refractivity contribution is 7.91. The second-order valence-electron chi connectivity index (χ2n) is 7.51. The summed E-state index contributed by atoms with van der Waals surface area (Å²) in [4.78, 5) is 6.44. The molecular weight excluding hydrogens is 467 g/mol. The first-order chi connectivity index (χ1) is 15.4. The number of fused-ring (bicyclic) bond motifs is 1. The number of nitrogens with zero attached hydrogens (tertiary/aromatic N) is 2. The average molecular weight is 485 g/mol. The van der Waals surface area contributed by atoms with E-state index >= 15 is 0 Å². The summed E-state index contributed by atoms with van der Waals surface area (Å²) in [7, 11) is -3.96. The topological polar surface area (TPSA) is 63.4 Å². The quantitative estimate of drug-likeness (QED) is 0.353. The van der Waals surface area contributed by atoms with E-state index in [0.717, 1.165) is 12.0 Å². The van der Waals surface area contributed by atoms with E-state index in [-0.39, 0.29) is 21.7 Å². The highest BCUT2D eigenvalue weighted by Gasteiger charge is 2.33. The third kappa shape index (κ3) is 3.79. The molecule has 0 fully saturated rings. The van der Waals surface area contributed by atoms with Crippen molar-refractivity contribution in [3.8, 4) is 11.5 Å². The molecule has 0 saturated heterocycles. The lowest BCUT2D eigenvalue weighted by atomic mass is 10.0. The summed E-state index contributed by atoms with van der Waals surface area (Å²) in [5.41, 5.74) is 2.91. The Morgan fingerprint density at radius 1 is 0.875 bits per heavy atom. The Hall–Kier alpha value is -2.80. The molecule has 1 aromatic heterocycles.